The van der Waals surface area contributed by atoms with Crippen molar-refractivity contribution in [3.05, 3.63) is 91.0 Å². The Bertz CT molecular complexity index is 2270. The summed E-state index contributed by atoms with van der Waals surface area (Å²) in [4.78, 5) is 129. The number of carbonyl (C=O) groups is 10. The number of Topliss-reactive ketones (excluding diaryl/α,β-unsaturated/α-hetero) is 1. The lowest BCUT2D eigenvalue weighted by atomic mass is 10.1. The number of esters is 4. The second-order valence-electron chi connectivity index (χ2n) is 17.7. The molecule has 3 rings (SSSR count). The first-order valence-corrected chi connectivity index (χ1v) is 30.2. The van der Waals surface area contributed by atoms with E-state index < -0.39 is 91.3 Å². The van der Waals surface area contributed by atoms with Gasteiger partial charge in [-0.15, -0.1) is 0 Å². The standard InChI is InChI=1S/C55H74N5O14PS2/c1-6-8-12-27-47(62)57-43(55(70)73-5)30-33-50(65)60-45(53(68)56-36-52(67)74-7-2)38-77-76-37-44(46(61)31-34-51(66)71-3)59-49(64)32-29-42(54(69)72-4)58-48(63)28-19-20-35-75(39-21-13-9-14-22-39,40-23-15-10-16-24-40)41-25-17-11-18-26-41/h9-11,13-18,21-26,42-45H,6-8,12,19-20,27-38H2,1-5H3,(H4-,56,57,58,59,60,62,63,64,65,68)/p+1/t42-,43-,44-,45-/m0/s1. The number of methoxy groups -OCH3 is 3. The monoisotopic (exact) mass is 1120 g/mol. The van der Waals surface area contributed by atoms with Crippen molar-refractivity contribution < 1.29 is 66.9 Å². The molecule has 5 N–H and O–H groups in total. The third kappa shape index (κ3) is 23.5. The van der Waals surface area contributed by atoms with Gasteiger partial charge in [0.05, 0.1) is 46.6 Å². The van der Waals surface area contributed by atoms with Crippen LogP contribution in [0.4, 0.5) is 0 Å². The Morgan fingerprint density at radius 2 is 0.909 bits per heavy atom. The molecular weight excluding hydrogens is 1050 g/mol. The van der Waals surface area contributed by atoms with Crippen LogP contribution in [-0.4, -0.2) is 136 Å². The molecule has 3 aromatic carbocycles. The summed E-state index contributed by atoms with van der Waals surface area (Å²) in [7, 11) is 3.50. The van der Waals surface area contributed by atoms with E-state index in [1.807, 2.05) is 61.5 Å². The van der Waals surface area contributed by atoms with Gasteiger partial charge in [0.25, 0.3) is 0 Å². The number of ketones is 1. The van der Waals surface area contributed by atoms with Crippen LogP contribution in [0.2, 0.25) is 0 Å². The number of ether oxygens (including phenoxy) is 4. The van der Waals surface area contributed by atoms with Crippen molar-refractivity contribution in [1.29, 1.82) is 0 Å². The lowest BCUT2D eigenvalue weighted by Gasteiger charge is -2.27. The largest absolute Gasteiger partial charge is 0.469 e. The topological polar surface area (TPSA) is 268 Å². The first-order chi connectivity index (χ1) is 37.1. The fourth-order valence-electron chi connectivity index (χ4n) is 8.08. The summed E-state index contributed by atoms with van der Waals surface area (Å²) < 4.78 is 19.4. The average Bonchev–Trinajstić information content (AvgIpc) is 3.44. The van der Waals surface area contributed by atoms with Gasteiger partial charge in [-0.3, -0.25) is 38.4 Å². The van der Waals surface area contributed by atoms with Crippen LogP contribution in [-0.2, 0) is 66.9 Å². The van der Waals surface area contributed by atoms with E-state index in [1.54, 1.807) is 6.92 Å². The van der Waals surface area contributed by atoms with Gasteiger partial charge in [-0.25, -0.2) is 9.59 Å². The predicted octanol–water partition coefficient (Wildman–Crippen LogP) is 4.16. The first-order valence-electron chi connectivity index (χ1n) is 25.8. The van der Waals surface area contributed by atoms with E-state index in [0.29, 0.717) is 19.3 Å². The molecule has 0 saturated carbocycles. The molecule has 0 heterocycles. The second kappa shape index (κ2) is 36.7. The van der Waals surface area contributed by atoms with Crippen LogP contribution in [0, 0.1) is 0 Å². The quantitative estimate of drug-likeness (QED) is 0.0178. The molecule has 4 atom stereocenters. The highest BCUT2D eigenvalue weighted by molar-refractivity contribution is 8.76. The second-order valence-corrected chi connectivity index (χ2v) is 23.9. The van der Waals surface area contributed by atoms with E-state index in [0.717, 1.165) is 47.7 Å². The normalized spacial score (nSPS) is 12.5. The molecule has 0 spiro atoms. The number of hydrogen-bond donors (Lipinski definition) is 5. The molecule has 420 valence electrons. The van der Waals surface area contributed by atoms with Gasteiger partial charge in [-0.2, -0.15) is 0 Å². The van der Waals surface area contributed by atoms with Crippen molar-refractivity contribution in [3.63, 3.8) is 0 Å². The third-order valence-electron chi connectivity index (χ3n) is 12.2. The number of unbranched alkanes of at least 4 members (excludes halogenated alkanes) is 3. The molecule has 0 aromatic heterocycles. The Morgan fingerprint density at radius 3 is 1.35 bits per heavy atom. The zero-order valence-corrected chi connectivity index (χ0v) is 47.2. The van der Waals surface area contributed by atoms with Crippen molar-refractivity contribution in [2.45, 2.75) is 121 Å². The number of hydrogen-bond acceptors (Lipinski definition) is 16. The molecule has 19 nitrogen and oxygen atoms in total. The molecule has 0 radical (unpaired) electrons. The van der Waals surface area contributed by atoms with Gasteiger partial charge in [-0.1, -0.05) is 96.0 Å². The van der Waals surface area contributed by atoms with Crippen molar-refractivity contribution in [3.8, 4) is 0 Å². The van der Waals surface area contributed by atoms with Crippen LogP contribution in [0.5, 0.6) is 0 Å². The van der Waals surface area contributed by atoms with Crippen LogP contribution in [0.3, 0.4) is 0 Å². The van der Waals surface area contributed by atoms with E-state index in [4.69, 9.17) is 18.9 Å². The van der Waals surface area contributed by atoms with E-state index in [-0.39, 0.29) is 75.4 Å². The van der Waals surface area contributed by atoms with Crippen molar-refractivity contribution in [1.82, 2.24) is 26.6 Å². The van der Waals surface area contributed by atoms with E-state index in [1.165, 1.54) is 30.1 Å². The van der Waals surface area contributed by atoms with Crippen LogP contribution in [0.1, 0.15) is 97.3 Å². The lowest BCUT2D eigenvalue weighted by Crippen LogP contribution is -2.50. The van der Waals surface area contributed by atoms with Gasteiger partial charge < -0.3 is 45.5 Å². The van der Waals surface area contributed by atoms with Crippen molar-refractivity contribution in [2.75, 3.05) is 52.1 Å². The molecule has 0 fully saturated rings. The molecule has 0 bridgehead atoms. The zero-order valence-electron chi connectivity index (χ0n) is 44.7. The molecule has 0 aliphatic carbocycles. The fraction of sp³-hybridized carbons (Fsp3) is 0.491. The summed E-state index contributed by atoms with van der Waals surface area (Å²) in [5.74, 6) is -6.35. The smallest absolute Gasteiger partial charge is 0.328 e. The van der Waals surface area contributed by atoms with Crippen molar-refractivity contribution >= 4 is 104 Å². The van der Waals surface area contributed by atoms with Gasteiger partial charge in [0.2, 0.25) is 29.5 Å². The summed E-state index contributed by atoms with van der Waals surface area (Å²) in [5.41, 5.74) is 0. The highest BCUT2D eigenvalue weighted by atomic mass is 33.1. The summed E-state index contributed by atoms with van der Waals surface area (Å²) >= 11 is 0. The maximum atomic E-state index is 13.5. The Hall–Kier alpha value is -6.31. The minimum Gasteiger partial charge on any atom is -0.469 e. The highest BCUT2D eigenvalue weighted by Crippen LogP contribution is 2.56. The Morgan fingerprint density at radius 1 is 0.481 bits per heavy atom. The van der Waals surface area contributed by atoms with E-state index in [2.05, 4.69) is 63.0 Å². The summed E-state index contributed by atoms with van der Waals surface area (Å²) in [6, 6.07) is 26.5. The van der Waals surface area contributed by atoms with Gasteiger partial charge in [0, 0.05) is 43.6 Å². The molecule has 0 saturated heterocycles. The first kappa shape index (κ1) is 65.0. The van der Waals surface area contributed by atoms with Gasteiger partial charge in [0.1, 0.15) is 47.8 Å². The highest BCUT2D eigenvalue weighted by Gasteiger charge is 2.44. The summed E-state index contributed by atoms with van der Waals surface area (Å²) in [6.07, 6.45) is 3.20. The molecular formula is C55H75N5O14PS2+. The molecule has 0 unspecified atom stereocenters. The van der Waals surface area contributed by atoms with Crippen LogP contribution in [0.25, 0.3) is 0 Å². The molecule has 77 heavy (non-hydrogen) atoms. The van der Waals surface area contributed by atoms with Crippen LogP contribution >= 0.6 is 28.9 Å². The van der Waals surface area contributed by atoms with Gasteiger partial charge >= 0.3 is 23.9 Å². The Labute approximate surface area is 460 Å². The minimum absolute atomic E-state index is 0.0696. The predicted molar refractivity (Wildman–Crippen MR) is 299 cm³/mol. The summed E-state index contributed by atoms with van der Waals surface area (Å²) in [5, 5.41) is 16.7. The van der Waals surface area contributed by atoms with Gasteiger partial charge in [-0.05, 0) is 75.4 Å². The SMILES string of the molecule is CCCCCC(=O)N[C@@H](CCC(=O)N[C@@H](CSSC[C@H](NC(=O)CC[C@H](NC(=O)CCCC[P+](c1ccccc1)(c1ccccc1)c1ccccc1)C(=O)OC)C(=O)CCC(=O)OC)C(=O)NCC(=O)OCC)C(=O)OC. The molecule has 22 heteroatoms. The number of amides is 5. The maximum Gasteiger partial charge on any atom is 0.328 e. The molecule has 0 aliphatic rings. The van der Waals surface area contributed by atoms with E-state index in [9.17, 15) is 47.9 Å². The van der Waals surface area contributed by atoms with Crippen LogP contribution < -0.4 is 42.5 Å². The van der Waals surface area contributed by atoms with Crippen molar-refractivity contribution in [2.24, 2.45) is 0 Å². The van der Waals surface area contributed by atoms with Gasteiger partial charge in [0.15, 0.2) is 5.78 Å². The average molecular weight is 1130 g/mol. The van der Waals surface area contributed by atoms with E-state index >= 15 is 0 Å². The molecule has 3 aromatic rings. The molecule has 5 amide bonds. The molecule has 0 aliphatic heterocycles. The lowest BCUT2D eigenvalue weighted by molar-refractivity contribution is -0.146. The minimum atomic E-state index is -2.13. The zero-order chi connectivity index (χ0) is 56.4. The Kier molecular flexibility index (Phi) is 30.9. The third-order valence-corrected chi connectivity index (χ3v) is 19.1. The Balaban J connectivity index is 1.66. The number of rotatable bonds is 37. The maximum absolute atomic E-state index is 13.5. The summed E-state index contributed by atoms with van der Waals surface area (Å²) in [6.45, 7) is 3.16. The fourth-order valence-corrected chi connectivity index (χ4v) is 14.9. The van der Waals surface area contributed by atoms with Crippen LogP contribution in [0.15, 0.2) is 91.0 Å². The number of carbonyl (C=O) groups excluding carboxylic acids is 10. The number of benzene rings is 3. The number of nitrogens with one attached hydrogen (secondary N) is 5.